The predicted molar refractivity (Wildman–Crippen MR) is 150 cm³/mol. The third-order valence-corrected chi connectivity index (χ3v) is 7.80. The van der Waals surface area contributed by atoms with Gasteiger partial charge in [0.25, 0.3) is 5.91 Å². The first kappa shape index (κ1) is 28.6. The summed E-state index contributed by atoms with van der Waals surface area (Å²) in [6.07, 6.45) is 2.48. The number of nitrogens with two attached hydrogens (primary N) is 2. The number of piperidine rings is 1. The fourth-order valence-corrected chi connectivity index (χ4v) is 5.68. The van der Waals surface area contributed by atoms with Gasteiger partial charge in [-0.05, 0) is 45.3 Å². The topological polar surface area (TPSA) is 150 Å². The molecule has 2 saturated heterocycles. The Morgan fingerprint density at radius 2 is 1.87 bits per heavy atom. The maximum atomic E-state index is 12.4. The minimum absolute atomic E-state index is 0.0202. The summed E-state index contributed by atoms with van der Waals surface area (Å²) in [6.45, 7) is 9.01. The molecule has 208 valence electrons. The average Bonchev–Trinajstić information content (AvgIpc) is 2.90. The Kier molecular flexibility index (Phi) is 9.48. The van der Waals surface area contributed by atoms with Crippen LogP contribution in [-0.2, 0) is 6.54 Å². The molecule has 1 amide bonds. The van der Waals surface area contributed by atoms with Gasteiger partial charge in [0.1, 0.15) is 11.0 Å². The van der Waals surface area contributed by atoms with Crippen molar-refractivity contribution in [3.63, 3.8) is 0 Å². The zero-order chi connectivity index (χ0) is 27.4. The van der Waals surface area contributed by atoms with Crippen LogP contribution in [0.4, 0.5) is 17.5 Å². The van der Waals surface area contributed by atoms with Crippen molar-refractivity contribution in [3.8, 4) is 0 Å². The largest absolute Gasteiger partial charge is 0.392 e. The van der Waals surface area contributed by atoms with Crippen molar-refractivity contribution in [1.82, 2.24) is 30.1 Å². The number of nitrogens with one attached hydrogen (secondary N) is 1. The standard InChI is InChI=1S/C25H37Cl2N9O2/c1-3-17-14-35(24-21(27)32-20(23(29)33-24)25(38)30-12-15(2)37)10-11-36(17)18-6-8-34(9-7-18)13-16-4-5-19(26)31-22(16)28/h4-5,15,17-18,37H,3,6-14H2,1-2H3,(H2,28,31)(H2,29,33)(H,30,38)/t15-,17+/m1/s1. The van der Waals surface area contributed by atoms with E-state index in [1.807, 2.05) is 6.07 Å². The number of likely N-dealkylation sites (tertiary alicyclic amines) is 1. The number of nitrogen functional groups attached to an aromatic ring is 2. The molecule has 0 spiro atoms. The Morgan fingerprint density at radius 3 is 2.53 bits per heavy atom. The highest BCUT2D eigenvalue weighted by molar-refractivity contribution is 6.32. The molecular formula is C25H37Cl2N9O2. The highest BCUT2D eigenvalue weighted by atomic mass is 35.5. The molecular weight excluding hydrogens is 529 g/mol. The van der Waals surface area contributed by atoms with Crippen molar-refractivity contribution >= 4 is 46.6 Å². The van der Waals surface area contributed by atoms with Crippen molar-refractivity contribution in [2.45, 2.75) is 57.8 Å². The molecule has 38 heavy (non-hydrogen) atoms. The monoisotopic (exact) mass is 565 g/mol. The van der Waals surface area contributed by atoms with Gasteiger partial charge in [0.2, 0.25) is 0 Å². The zero-order valence-electron chi connectivity index (χ0n) is 21.9. The van der Waals surface area contributed by atoms with E-state index in [-0.39, 0.29) is 23.2 Å². The van der Waals surface area contributed by atoms with E-state index < -0.39 is 12.0 Å². The summed E-state index contributed by atoms with van der Waals surface area (Å²) in [7, 11) is 0. The number of hydrogen-bond acceptors (Lipinski definition) is 10. The van der Waals surface area contributed by atoms with Crippen molar-refractivity contribution in [1.29, 1.82) is 0 Å². The minimum Gasteiger partial charge on any atom is -0.392 e. The van der Waals surface area contributed by atoms with Crippen LogP contribution >= 0.6 is 23.2 Å². The second-order valence-corrected chi connectivity index (χ2v) is 10.8. The second kappa shape index (κ2) is 12.6. The smallest absolute Gasteiger partial charge is 0.273 e. The summed E-state index contributed by atoms with van der Waals surface area (Å²) in [4.78, 5) is 32.4. The van der Waals surface area contributed by atoms with E-state index in [0.717, 1.165) is 64.1 Å². The molecule has 0 unspecified atom stereocenters. The fraction of sp³-hybridized carbons (Fsp3) is 0.600. The van der Waals surface area contributed by atoms with Gasteiger partial charge in [-0.1, -0.05) is 36.2 Å². The van der Waals surface area contributed by atoms with E-state index in [9.17, 15) is 9.90 Å². The van der Waals surface area contributed by atoms with Crippen LogP contribution in [0.15, 0.2) is 12.1 Å². The van der Waals surface area contributed by atoms with Crippen LogP contribution in [0, 0.1) is 0 Å². The van der Waals surface area contributed by atoms with Gasteiger partial charge in [-0.15, -0.1) is 0 Å². The SMILES string of the molecule is CC[C@H]1CN(c2nc(N)c(C(=O)NC[C@@H](C)O)nc2Cl)CCN1C1CCN(Cc2ccc(Cl)nc2N)CC1. The lowest BCUT2D eigenvalue weighted by atomic mass is 9.98. The molecule has 2 aliphatic heterocycles. The van der Waals surface area contributed by atoms with Gasteiger partial charge in [0.05, 0.1) is 6.10 Å². The van der Waals surface area contributed by atoms with Crippen LogP contribution in [0.2, 0.25) is 10.3 Å². The number of pyridine rings is 1. The van der Waals surface area contributed by atoms with Crippen LogP contribution in [0.5, 0.6) is 0 Å². The van der Waals surface area contributed by atoms with E-state index in [1.165, 1.54) is 0 Å². The molecule has 0 bridgehead atoms. The maximum Gasteiger partial charge on any atom is 0.273 e. The summed E-state index contributed by atoms with van der Waals surface area (Å²) >= 11 is 12.4. The predicted octanol–water partition coefficient (Wildman–Crippen LogP) is 2.02. The molecule has 4 heterocycles. The quantitative estimate of drug-likeness (QED) is 0.350. The molecule has 2 aromatic rings. The third-order valence-electron chi connectivity index (χ3n) is 7.33. The number of piperazine rings is 1. The number of anilines is 3. The lowest BCUT2D eigenvalue weighted by Gasteiger charge is -2.47. The number of aliphatic hydroxyl groups is 1. The Bertz CT molecular complexity index is 1130. The molecule has 2 fully saturated rings. The molecule has 0 aromatic carbocycles. The van der Waals surface area contributed by atoms with E-state index >= 15 is 0 Å². The van der Waals surface area contributed by atoms with Crippen LogP contribution in [-0.4, -0.2) is 93.2 Å². The van der Waals surface area contributed by atoms with Gasteiger partial charge in [-0.2, -0.15) is 0 Å². The number of hydrogen-bond donors (Lipinski definition) is 4. The summed E-state index contributed by atoms with van der Waals surface area (Å²) < 4.78 is 0. The molecule has 0 radical (unpaired) electrons. The molecule has 0 saturated carbocycles. The van der Waals surface area contributed by atoms with Gasteiger partial charge in [-0.25, -0.2) is 15.0 Å². The fourth-order valence-electron chi connectivity index (χ4n) is 5.28. The molecule has 2 atom stereocenters. The lowest BCUT2D eigenvalue weighted by molar-refractivity contribution is 0.0611. The number of carbonyl (C=O) groups is 1. The van der Waals surface area contributed by atoms with Gasteiger partial charge >= 0.3 is 0 Å². The van der Waals surface area contributed by atoms with E-state index in [1.54, 1.807) is 13.0 Å². The Labute approximate surface area is 233 Å². The van der Waals surface area contributed by atoms with Crippen LogP contribution in [0.1, 0.15) is 49.2 Å². The maximum absolute atomic E-state index is 12.4. The molecule has 2 aromatic heterocycles. The number of aliphatic hydroxyl groups excluding tert-OH is 1. The summed E-state index contributed by atoms with van der Waals surface area (Å²) in [5.41, 5.74) is 13.1. The first-order valence-electron chi connectivity index (χ1n) is 13.1. The zero-order valence-corrected chi connectivity index (χ0v) is 23.4. The van der Waals surface area contributed by atoms with Crippen LogP contribution in [0.25, 0.3) is 0 Å². The Hall–Kier alpha value is -2.44. The van der Waals surface area contributed by atoms with Crippen molar-refractivity contribution in [2.24, 2.45) is 0 Å². The number of nitrogens with zero attached hydrogens (tertiary/aromatic N) is 6. The van der Waals surface area contributed by atoms with Gasteiger partial charge in [-0.3, -0.25) is 14.6 Å². The number of aromatic nitrogens is 3. The van der Waals surface area contributed by atoms with Crippen molar-refractivity contribution in [3.05, 3.63) is 33.7 Å². The highest BCUT2D eigenvalue weighted by Gasteiger charge is 2.34. The number of rotatable bonds is 8. The molecule has 11 nitrogen and oxygen atoms in total. The summed E-state index contributed by atoms with van der Waals surface area (Å²) in [5, 5.41) is 12.5. The number of carbonyl (C=O) groups excluding carboxylic acids is 1. The first-order valence-corrected chi connectivity index (χ1v) is 13.8. The molecule has 4 rings (SSSR count). The molecule has 13 heteroatoms. The van der Waals surface area contributed by atoms with Crippen molar-refractivity contribution in [2.75, 3.05) is 55.6 Å². The number of halogens is 2. The van der Waals surface area contributed by atoms with Gasteiger partial charge in [0.15, 0.2) is 22.5 Å². The average molecular weight is 567 g/mol. The summed E-state index contributed by atoms with van der Waals surface area (Å²) in [5.74, 6) is 0.504. The Balaban J connectivity index is 1.35. The highest BCUT2D eigenvalue weighted by Crippen LogP contribution is 2.30. The second-order valence-electron chi connectivity index (χ2n) is 10.1. The van der Waals surface area contributed by atoms with Crippen LogP contribution in [0.3, 0.4) is 0 Å². The minimum atomic E-state index is -0.683. The van der Waals surface area contributed by atoms with Crippen molar-refractivity contribution < 1.29 is 9.90 Å². The molecule has 0 aliphatic carbocycles. The normalized spacial score (nSPS) is 20.4. The van der Waals surface area contributed by atoms with Gasteiger partial charge < -0.3 is 26.8 Å². The number of amides is 1. The molecule has 2 aliphatic rings. The van der Waals surface area contributed by atoms with E-state index in [2.05, 4.69) is 41.9 Å². The van der Waals surface area contributed by atoms with Crippen LogP contribution < -0.4 is 21.7 Å². The van der Waals surface area contributed by atoms with E-state index in [0.29, 0.717) is 28.9 Å². The lowest BCUT2D eigenvalue weighted by Crippen LogP contribution is -2.58. The van der Waals surface area contributed by atoms with E-state index in [4.69, 9.17) is 34.7 Å². The Morgan fingerprint density at radius 1 is 1.13 bits per heavy atom. The first-order chi connectivity index (χ1) is 18.2. The van der Waals surface area contributed by atoms with Gasteiger partial charge in [0, 0.05) is 50.4 Å². The third kappa shape index (κ3) is 6.76. The summed E-state index contributed by atoms with van der Waals surface area (Å²) in [6, 6.07) is 4.59. The molecule has 6 N–H and O–H groups in total.